The summed E-state index contributed by atoms with van der Waals surface area (Å²) >= 11 is 7.41. The van der Waals surface area contributed by atoms with E-state index in [0.717, 1.165) is 30.0 Å². The molecule has 0 aliphatic heterocycles. The number of aryl methyl sites for hydroxylation is 1. The molecule has 0 fully saturated rings. The van der Waals surface area contributed by atoms with Crippen LogP contribution < -0.4 is 5.32 Å². The molecule has 0 atom stereocenters. The number of oxazole rings is 1. The van der Waals surface area contributed by atoms with Gasteiger partial charge in [-0.1, -0.05) is 18.5 Å². The number of halogens is 1. The van der Waals surface area contributed by atoms with Gasteiger partial charge in [0.15, 0.2) is 0 Å². The van der Waals surface area contributed by atoms with Crippen LogP contribution in [0.3, 0.4) is 0 Å². The third-order valence-corrected chi connectivity index (χ3v) is 4.22. The highest BCUT2D eigenvalue weighted by Crippen LogP contribution is 2.25. The molecule has 4 nitrogen and oxygen atoms in total. The molecule has 1 aromatic carbocycles. The number of hydrogen-bond donors (Lipinski definition) is 1. The molecule has 0 bridgehead atoms. The molecule has 1 heterocycles. The molecule has 0 spiro atoms. The number of nitrogens with one attached hydrogen (secondary N) is 1. The van der Waals surface area contributed by atoms with E-state index in [1.807, 2.05) is 38.1 Å². The van der Waals surface area contributed by atoms with E-state index in [2.05, 4.69) is 10.3 Å². The maximum absolute atomic E-state index is 11.5. The molecule has 1 N–H and O–H groups in total. The van der Waals surface area contributed by atoms with Crippen molar-refractivity contribution in [2.24, 2.45) is 0 Å². The average molecular weight is 339 g/mol. The summed E-state index contributed by atoms with van der Waals surface area (Å²) < 4.78 is 5.69. The van der Waals surface area contributed by atoms with Gasteiger partial charge in [-0.3, -0.25) is 4.79 Å². The van der Waals surface area contributed by atoms with Crippen LogP contribution in [0.25, 0.3) is 11.5 Å². The second kappa shape index (κ2) is 8.25. The molecule has 2 aromatic rings. The highest BCUT2D eigenvalue weighted by atomic mass is 35.5. The van der Waals surface area contributed by atoms with Crippen molar-refractivity contribution in [3.8, 4) is 11.5 Å². The van der Waals surface area contributed by atoms with Gasteiger partial charge in [-0.2, -0.15) is 0 Å². The van der Waals surface area contributed by atoms with E-state index < -0.39 is 0 Å². The van der Waals surface area contributed by atoms with E-state index >= 15 is 0 Å². The van der Waals surface area contributed by atoms with E-state index in [4.69, 9.17) is 16.0 Å². The first-order chi connectivity index (χ1) is 10.6. The summed E-state index contributed by atoms with van der Waals surface area (Å²) in [5, 5.41) is 3.53. The van der Waals surface area contributed by atoms with Gasteiger partial charge < -0.3 is 9.73 Å². The summed E-state index contributed by atoms with van der Waals surface area (Å²) in [6.07, 6.45) is 0.948. The standard InChI is InChI=1S/C16H19ClN2O2S/c1-3-8-18-15(20)10-22-9-14-11(2)21-16(19-14)12-4-6-13(17)7-5-12/h4-7H,3,8-10H2,1-2H3,(H,18,20). The van der Waals surface area contributed by atoms with Crippen LogP contribution in [0.1, 0.15) is 24.8 Å². The largest absolute Gasteiger partial charge is 0.441 e. The first-order valence-corrected chi connectivity index (χ1v) is 8.70. The smallest absolute Gasteiger partial charge is 0.230 e. The fourth-order valence-corrected chi connectivity index (χ4v) is 2.81. The van der Waals surface area contributed by atoms with Gasteiger partial charge in [-0.05, 0) is 37.6 Å². The van der Waals surface area contributed by atoms with Crippen molar-refractivity contribution in [2.75, 3.05) is 12.3 Å². The highest BCUT2D eigenvalue weighted by Gasteiger charge is 2.12. The summed E-state index contributed by atoms with van der Waals surface area (Å²) in [6.45, 7) is 4.65. The van der Waals surface area contributed by atoms with Crippen molar-refractivity contribution >= 4 is 29.3 Å². The lowest BCUT2D eigenvalue weighted by Crippen LogP contribution is -2.25. The zero-order chi connectivity index (χ0) is 15.9. The molecule has 1 amide bonds. The van der Waals surface area contributed by atoms with Crippen molar-refractivity contribution in [3.05, 3.63) is 40.7 Å². The summed E-state index contributed by atoms with van der Waals surface area (Å²) in [7, 11) is 0. The predicted molar refractivity (Wildman–Crippen MR) is 91.1 cm³/mol. The monoisotopic (exact) mass is 338 g/mol. The van der Waals surface area contributed by atoms with E-state index in [9.17, 15) is 4.79 Å². The van der Waals surface area contributed by atoms with Crippen molar-refractivity contribution < 1.29 is 9.21 Å². The molecule has 0 saturated heterocycles. The Hall–Kier alpha value is -1.46. The lowest BCUT2D eigenvalue weighted by molar-refractivity contribution is -0.118. The van der Waals surface area contributed by atoms with Crippen LogP contribution in [-0.4, -0.2) is 23.2 Å². The summed E-state index contributed by atoms with van der Waals surface area (Å²) in [5.41, 5.74) is 1.77. The van der Waals surface area contributed by atoms with E-state index in [-0.39, 0.29) is 5.91 Å². The zero-order valence-electron chi connectivity index (χ0n) is 12.7. The van der Waals surface area contributed by atoms with Crippen LogP contribution in [0.5, 0.6) is 0 Å². The van der Waals surface area contributed by atoms with Crippen LogP contribution in [0.15, 0.2) is 28.7 Å². The summed E-state index contributed by atoms with van der Waals surface area (Å²) in [4.78, 5) is 16.1. The highest BCUT2D eigenvalue weighted by molar-refractivity contribution is 7.99. The lowest BCUT2D eigenvalue weighted by Gasteiger charge is -2.02. The third-order valence-electron chi connectivity index (χ3n) is 3.03. The van der Waals surface area contributed by atoms with E-state index in [1.54, 1.807) is 0 Å². The molecule has 0 saturated carbocycles. The molecule has 22 heavy (non-hydrogen) atoms. The van der Waals surface area contributed by atoms with Gasteiger partial charge in [-0.25, -0.2) is 4.98 Å². The summed E-state index contributed by atoms with van der Waals surface area (Å²) in [5.74, 6) is 2.52. The van der Waals surface area contributed by atoms with Gasteiger partial charge in [0.25, 0.3) is 0 Å². The van der Waals surface area contributed by atoms with Gasteiger partial charge in [0.05, 0.1) is 11.4 Å². The van der Waals surface area contributed by atoms with Gasteiger partial charge in [-0.15, -0.1) is 11.8 Å². The SMILES string of the molecule is CCCNC(=O)CSCc1nc(-c2ccc(Cl)cc2)oc1C. The Balaban J connectivity index is 1.93. The topological polar surface area (TPSA) is 55.1 Å². The molecule has 2 rings (SSSR count). The Kier molecular flexibility index (Phi) is 6.34. The van der Waals surface area contributed by atoms with Crippen molar-refractivity contribution in [2.45, 2.75) is 26.0 Å². The quantitative estimate of drug-likeness (QED) is 0.827. The number of benzene rings is 1. The molecule has 0 aliphatic carbocycles. The second-order valence-corrected chi connectivity index (χ2v) is 6.29. The van der Waals surface area contributed by atoms with Crippen LogP contribution in [0.2, 0.25) is 5.02 Å². The van der Waals surface area contributed by atoms with Crippen LogP contribution >= 0.6 is 23.4 Å². The molecule has 0 unspecified atom stereocenters. The molecular weight excluding hydrogens is 320 g/mol. The minimum absolute atomic E-state index is 0.0610. The molecular formula is C16H19ClN2O2S. The predicted octanol–water partition coefficient (Wildman–Crippen LogP) is 4.06. The Morgan fingerprint density at radius 3 is 2.77 bits per heavy atom. The van der Waals surface area contributed by atoms with Gasteiger partial charge >= 0.3 is 0 Å². The zero-order valence-corrected chi connectivity index (χ0v) is 14.3. The molecule has 6 heteroatoms. The van der Waals surface area contributed by atoms with E-state index in [1.165, 1.54) is 11.8 Å². The van der Waals surface area contributed by atoms with Crippen LogP contribution in [0.4, 0.5) is 0 Å². The molecule has 0 radical (unpaired) electrons. The average Bonchev–Trinajstić information content (AvgIpc) is 2.87. The summed E-state index contributed by atoms with van der Waals surface area (Å²) in [6, 6.07) is 7.37. The Morgan fingerprint density at radius 2 is 2.09 bits per heavy atom. The molecule has 118 valence electrons. The fraction of sp³-hybridized carbons (Fsp3) is 0.375. The van der Waals surface area contributed by atoms with Crippen LogP contribution in [0, 0.1) is 6.92 Å². The normalized spacial score (nSPS) is 10.7. The van der Waals surface area contributed by atoms with Gasteiger partial charge in [0.2, 0.25) is 11.8 Å². The Labute approximate surface area is 139 Å². The number of amides is 1. The maximum Gasteiger partial charge on any atom is 0.230 e. The van der Waals surface area contributed by atoms with E-state index in [0.29, 0.717) is 22.4 Å². The number of hydrogen-bond acceptors (Lipinski definition) is 4. The number of carbonyl (C=O) groups is 1. The minimum Gasteiger partial charge on any atom is -0.441 e. The van der Waals surface area contributed by atoms with Crippen molar-refractivity contribution in [1.29, 1.82) is 0 Å². The number of nitrogens with zero attached hydrogens (tertiary/aromatic N) is 1. The number of thioether (sulfide) groups is 1. The van der Waals surface area contributed by atoms with Crippen molar-refractivity contribution in [3.63, 3.8) is 0 Å². The van der Waals surface area contributed by atoms with Gasteiger partial charge in [0, 0.05) is 22.9 Å². The van der Waals surface area contributed by atoms with Gasteiger partial charge in [0.1, 0.15) is 5.76 Å². The number of carbonyl (C=O) groups excluding carboxylic acids is 1. The Bertz CT molecular complexity index is 626. The second-order valence-electron chi connectivity index (χ2n) is 4.87. The maximum atomic E-state index is 11.5. The molecule has 0 aliphatic rings. The number of aromatic nitrogens is 1. The lowest BCUT2D eigenvalue weighted by atomic mass is 10.2. The fourth-order valence-electron chi connectivity index (χ4n) is 1.83. The molecule has 1 aromatic heterocycles. The Morgan fingerprint density at radius 1 is 1.36 bits per heavy atom. The van der Waals surface area contributed by atoms with Crippen LogP contribution in [-0.2, 0) is 10.5 Å². The third kappa shape index (κ3) is 4.78. The van der Waals surface area contributed by atoms with Crippen molar-refractivity contribution in [1.82, 2.24) is 10.3 Å². The first kappa shape index (κ1) is 16.9. The first-order valence-electron chi connectivity index (χ1n) is 7.17. The minimum atomic E-state index is 0.0610. The number of rotatable bonds is 7.